The molecule has 2 aromatic rings. The molecule has 28 heavy (non-hydrogen) atoms. The van der Waals surface area contributed by atoms with Crippen LogP contribution in [0.4, 0.5) is 11.4 Å². The third kappa shape index (κ3) is 4.38. The van der Waals surface area contributed by atoms with Gasteiger partial charge in [0.1, 0.15) is 0 Å². The molecule has 0 aliphatic carbocycles. The van der Waals surface area contributed by atoms with Crippen molar-refractivity contribution >= 4 is 23.3 Å². The van der Waals surface area contributed by atoms with E-state index in [1.54, 1.807) is 62.4 Å². The lowest BCUT2D eigenvalue weighted by Crippen LogP contribution is -2.31. The number of carbonyl (C=O) groups is 2. The Morgan fingerprint density at radius 1 is 1.04 bits per heavy atom. The molecule has 2 aromatic carbocycles. The molecule has 2 rings (SSSR count). The van der Waals surface area contributed by atoms with Crippen molar-refractivity contribution < 1.29 is 19.1 Å². The highest BCUT2D eigenvalue weighted by molar-refractivity contribution is 5.82. The lowest BCUT2D eigenvalue weighted by molar-refractivity contribution is -0.147. The van der Waals surface area contributed by atoms with Crippen molar-refractivity contribution in [3.05, 3.63) is 64.6 Å². The second-order valence-electron chi connectivity index (χ2n) is 6.25. The van der Waals surface area contributed by atoms with Crippen LogP contribution in [0.5, 0.6) is 0 Å². The first-order valence-electron chi connectivity index (χ1n) is 8.50. The average molecular weight is 381 g/mol. The Balaban J connectivity index is 2.31. The zero-order valence-corrected chi connectivity index (χ0v) is 16.1. The van der Waals surface area contributed by atoms with Crippen LogP contribution in [0.1, 0.15) is 30.9 Å². The molecule has 144 valence electrons. The van der Waals surface area contributed by atoms with Crippen LogP contribution < -0.4 is 0 Å². The van der Waals surface area contributed by atoms with Gasteiger partial charge in [-0.05, 0) is 49.2 Å². The molecule has 0 radical (unpaired) electrons. The largest absolute Gasteiger partial charge is 0.469 e. The molecule has 0 heterocycles. The number of ether oxygens (including phenoxy) is 2. The maximum absolute atomic E-state index is 12.4. The number of diazo groups is 1. The molecule has 2 unspecified atom stereocenters. The van der Waals surface area contributed by atoms with Crippen molar-refractivity contribution in [3.8, 4) is 0 Å². The summed E-state index contributed by atoms with van der Waals surface area (Å²) < 4.78 is 9.63. The Morgan fingerprint density at radius 2 is 1.64 bits per heavy atom. The predicted molar refractivity (Wildman–Crippen MR) is 102 cm³/mol. The smallest absolute Gasteiger partial charge is 0.385 e. The van der Waals surface area contributed by atoms with Gasteiger partial charge in [-0.15, -0.1) is 0 Å². The summed E-state index contributed by atoms with van der Waals surface area (Å²) >= 11 is 0. The predicted octanol–water partition coefficient (Wildman–Crippen LogP) is 4.62. The van der Waals surface area contributed by atoms with Crippen LogP contribution in [0.25, 0.3) is 4.98 Å². The van der Waals surface area contributed by atoms with Gasteiger partial charge in [-0.1, -0.05) is 12.1 Å². The van der Waals surface area contributed by atoms with Crippen LogP contribution >= 0.6 is 0 Å². The van der Waals surface area contributed by atoms with Gasteiger partial charge in [-0.3, -0.25) is 4.79 Å². The number of hydrogen-bond acceptors (Lipinski definition) is 7. The minimum absolute atomic E-state index is 0.328. The number of esters is 2. The van der Waals surface area contributed by atoms with Crippen molar-refractivity contribution in [3.63, 3.8) is 0 Å². The number of carbonyl (C=O) groups excluding carboxylic acids is 2. The number of hydrogen-bond donors (Lipinski definition) is 0. The van der Waals surface area contributed by atoms with E-state index in [4.69, 9.17) is 14.9 Å². The second kappa shape index (κ2) is 8.86. The van der Waals surface area contributed by atoms with Crippen molar-refractivity contribution in [1.82, 2.24) is 0 Å². The lowest BCUT2D eigenvalue weighted by atomic mass is 9.93. The standard InChI is InChI=1S/C20H21N4O4/c1-13(18(25)27-3)14-5-9-17(10-6-14)23-24-20(2,19(26)28-4)15-7-11-16(22-21)12-8-15/h5-13H,1-4H3/q+1. The summed E-state index contributed by atoms with van der Waals surface area (Å²) in [5.74, 6) is -1.31. The van der Waals surface area contributed by atoms with Gasteiger partial charge in [0.05, 0.1) is 25.8 Å². The van der Waals surface area contributed by atoms with Crippen LogP contribution in [0.3, 0.4) is 0 Å². The number of nitrogens with zero attached hydrogens (tertiary/aromatic N) is 4. The van der Waals surface area contributed by atoms with E-state index in [0.717, 1.165) is 5.56 Å². The maximum Gasteiger partial charge on any atom is 0.385 e. The molecule has 0 saturated heterocycles. The zero-order chi connectivity index (χ0) is 20.7. The molecule has 0 aliphatic heterocycles. The van der Waals surface area contributed by atoms with E-state index in [1.165, 1.54) is 14.2 Å². The lowest BCUT2D eigenvalue weighted by Gasteiger charge is -2.21. The minimum Gasteiger partial charge on any atom is -0.469 e. The van der Waals surface area contributed by atoms with E-state index in [0.29, 0.717) is 16.9 Å². The van der Waals surface area contributed by atoms with Crippen LogP contribution in [-0.2, 0) is 24.6 Å². The maximum atomic E-state index is 12.4. The van der Waals surface area contributed by atoms with Gasteiger partial charge in [0, 0.05) is 12.1 Å². The summed E-state index contributed by atoms with van der Waals surface area (Å²) in [7, 11) is 2.62. The molecule has 2 atom stereocenters. The summed E-state index contributed by atoms with van der Waals surface area (Å²) in [5.41, 5.74) is 0.804. The normalized spacial score (nSPS) is 14.0. The summed E-state index contributed by atoms with van der Waals surface area (Å²) in [6.07, 6.45) is 0. The highest BCUT2D eigenvalue weighted by Gasteiger charge is 2.37. The van der Waals surface area contributed by atoms with Gasteiger partial charge < -0.3 is 9.47 Å². The molecule has 0 amide bonds. The fourth-order valence-electron chi connectivity index (χ4n) is 2.57. The summed E-state index contributed by atoms with van der Waals surface area (Å²) in [5, 5.41) is 17.2. The van der Waals surface area contributed by atoms with Gasteiger partial charge in [0.2, 0.25) is 10.9 Å². The van der Waals surface area contributed by atoms with Gasteiger partial charge >= 0.3 is 17.6 Å². The number of azo groups is 1. The third-order valence-electron chi connectivity index (χ3n) is 4.44. The van der Waals surface area contributed by atoms with Gasteiger partial charge in [-0.25, -0.2) is 4.79 Å². The highest BCUT2D eigenvalue weighted by Crippen LogP contribution is 2.31. The average Bonchev–Trinajstić information content (AvgIpc) is 2.76. The van der Waals surface area contributed by atoms with Crippen LogP contribution in [0, 0.1) is 5.39 Å². The molecule has 0 N–H and O–H groups in total. The molecular weight excluding hydrogens is 360 g/mol. The van der Waals surface area contributed by atoms with Crippen molar-refractivity contribution in [2.24, 2.45) is 10.2 Å². The molecule has 8 heteroatoms. The Kier molecular flexibility index (Phi) is 6.55. The van der Waals surface area contributed by atoms with E-state index in [9.17, 15) is 9.59 Å². The number of benzene rings is 2. The van der Waals surface area contributed by atoms with Crippen molar-refractivity contribution in [1.29, 1.82) is 5.39 Å². The van der Waals surface area contributed by atoms with Crippen molar-refractivity contribution in [2.45, 2.75) is 25.3 Å². The van der Waals surface area contributed by atoms with E-state index >= 15 is 0 Å². The van der Waals surface area contributed by atoms with E-state index < -0.39 is 17.4 Å². The van der Waals surface area contributed by atoms with Crippen molar-refractivity contribution in [2.75, 3.05) is 14.2 Å². The molecule has 0 aliphatic rings. The Labute approximate surface area is 162 Å². The summed E-state index contributed by atoms with van der Waals surface area (Å²) in [4.78, 5) is 27.1. The molecule has 0 bridgehead atoms. The summed E-state index contributed by atoms with van der Waals surface area (Å²) in [6.45, 7) is 3.33. The van der Waals surface area contributed by atoms with Crippen LogP contribution in [-0.4, -0.2) is 26.2 Å². The fraction of sp³-hybridized carbons (Fsp3) is 0.300. The minimum atomic E-state index is -1.37. The first-order valence-corrected chi connectivity index (χ1v) is 8.50. The van der Waals surface area contributed by atoms with E-state index in [2.05, 4.69) is 15.2 Å². The fourth-order valence-corrected chi connectivity index (χ4v) is 2.57. The highest BCUT2D eigenvalue weighted by atomic mass is 16.5. The first-order chi connectivity index (χ1) is 13.3. The number of rotatable bonds is 6. The topological polar surface area (TPSA) is 105 Å². The molecule has 0 fully saturated rings. The van der Waals surface area contributed by atoms with E-state index in [1.807, 2.05) is 0 Å². The molecule has 0 aromatic heterocycles. The van der Waals surface area contributed by atoms with Gasteiger partial charge in [0.15, 0.2) is 4.98 Å². The van der Waals surface area contributed by atoms with Crippen LogP contribution in [0.15, 0.2) is 58.8 Å². The Bertz CT molecular complexity index is 917. The number of methoxy groups -OCH3 is 2. The Hall–Kier alpha value is -3.60. The SMILES string of the molecule is COC(=O)C(C)c1ccc(N=NC(C)(C(=O)OC)c2ccc([N+]#N)cc2)cc1. The molecule has 0 spiro atoms. The molecular formula is C20H21N4O4+. The van der Waals surface area contributed by atoms with Gasteiger partial charge in [0.25, 0.3) is 0 Å². The monoisotopic (exact) mass is 381 g/mol. The Morgan fingerprint density at radius 3 is 2.14 bits per heavy atom. The first kappa shape index (κ1) is 20.7. The quantitative estimate of drug-likeness (QED) is 0.412. The second-order valence-corrected chi connectivity index (χ2v) is 6.25. The molecule has 0 saturated carbocycles. The van der Waals surface area contributed by atoms with Crippen LogP contribution in [0.2, 0.25) is 0 Å². The van der Waals surface area contributed by atoms with E-state index in [-0.39, 0.29) is 5.97 Å². The summed E-state index contributed by atoms with van der Waals surface area (Å²) in [6, 6.07) is 13.2. The third-order valence-corrected chi connectivity index (χ3v) is 4.44. The molecule has 8 nitrogen and oxygen atoms in total. The zero-order valence-electron chi connectivity index (χ0n) is 16.1. The van der Waals surface area contributed by atoms with Gasteiger partial charge in [-0.2, -0.15) is 10.2 Å².